The molecule has 0 aromatic heterocycles. The van der Waals surface area contributed by atoms with Crippen molar-refractivity contribution in [2.75, 3.05) is 19.0 Å². The Labute approximate surface area is 272 Å². The van der Waals surface area contributed by atoms with E-state index in [1.807, 2.05) is 10.6 Å². The highest BCUT2D eigenvalue weighted by Gasteiger charge is 2.41. The summed E-state index contributed by atoms with van der Waals surface area (Å²) in [4.78, 5) is 85.6. The lowest BCUT2D eigenvalue weighted by Crippen LogP contribution is -2.57. The second-order valence-electron chi connectivity index (χ2n) is 10.8. The molecule has 11 atom stereocenters. The minimum atomic E-state index is -2.38. The highest BCUT2D eigenvalue weighted by atomic mass is 32.1. The summed E-state index contributed by atoms with van der Waals surface area (Å²) >= 11 is 3.80. The van der Waals surface area contributed by atoms with E-state index in [1.54, 1.807) is 0 Å². The Balaban J connectivity index is 6.21. The van der Waals surface area contributed by atoms with Crippen LogP contribution in [0.1, 0.15) is 32.6 Å². The van der Waals surface area contributed by atoms with Gasteiger partial charge in [-0.15, -0.1) is 0 Å². The molecule has 0 aliphatic heterocycles. The Morgan fingerprint density at radius 3 is 1.57 bits per heavy atom. The maximum absolute atomic E-state index is 13.1. The van der Waals surface area contributed by atoms with Gasteiger partial charge in [0.25, 0.3) is 0 Å². The van der Waals surface area contributed by atoms with Crippen LogP contribution in [-0.2, 0) is 33.6 Å². The van der Waals surface area contributed by atoms with Gasteiger partial charge in [0.1, 0.15) is 48.4 Å². The fourth-order valence-corrected chi connectivity index (χ4v) is 4.37. The Morgan fingerprint density at radius 2 is 1.15 bits per heavy atom. The molecule has 0 aromatic carbocycles. The summed E-state index contributed by atoms with van der Waals surface area (Å²) in [5.41, 5.74) is 0. The van der Waals surface area contributed by atoms with Crippen LogP contribution in [0, 0.1) is 17.8 Å². The molecule has 0 aromatic rings. The topological polar surface area (TPSA) is 366 Å². The molecular formula is C26H42N2O18S. The van der Waals surface area contributed by atoms with E-state index in [0.717, 1.165) is 6.92 Å². The van der Waals surface area contributed by atoms with Crippen molar-refractivity contribution in [2.24, 2.45) is 17.8 Å². The van der Waals surface area contributed by atoms with Crippen LogP contribution in [0.2, 0.25) is 0 Å². The second kappa shape index (κ2) is 20.8. The van der Waals surface area contributed by atoms with Gasteiger partial charge in [-0.2, -0.15) is 12.6 Å². The van der Waals surface area contributed by atoms with E-state index in [0.29, 0.717) is 0 Å². The zero-order valence-corrected chi connectivity index (χ0v) is 25.9. The predicted molar refractivity (Wildman–Crippen MR) is 155 cm³/mol. The Morgan fingerprint density at radius 1 is 0.638 bits per heavy atom. The first-order chi connectivity index (χ1) is 21.7. The molecule has 47 heavy (non-hydrogen) atoms. The highest BCUT2D eigenvalue weighted by Crippen LogP contribution is 2.20. The van der Waals surface area contributed by atoms with Gasteiger partial charge in [0, 0.05) is 25.0 Å². The number of hydrogen-bond acceptors (Lipinski definition) is 16. The van der Waals surface area contributed by atoms with E-state index in [-0.39, 0.29) is 5.75 Å². The zero-order valence-electron chi connectivity index (χ0n) is 25.0. The van der Waals surface area contributed by atoms with Gasteiger partial charge in [0.05, 0.1) is 43.5 Å². The van der Waals surface area contributed by atoms with Crippen LogP contribution in [0.4, 0.5) is 0 Å². The van der Waals surface area contributed by atoms with Gasteiger partial charge in [0.15, 0.2) is 5.78 Å². The van der Waals surface area contributed by atoms with Crippen molar-refractivity contribution in [1.29, 1.82) is 0 Å². The molecule has 0 fully saturated rings. The normalized spacial score (nSPS) is 18.5. The van der Waals surface area contributed by atoms with Crippen molar-refractivity contribution in [3.05, 3.63) is 0 Å². The number of aliphatic carboxylic acids is 3. The molecule has 0 bridgehead atoms. The highest BCUT2D eigenvalue weighted by molar-refractivity contribution is 7.80. The quantitative estimate of drug-likeness (QED) is 0.0416. The first-order valence-electron chi connectivity index (χ1n) is 14.0. The van der Waals surface area contributed by atoms with Gasteiger partial charge in [0.2, 0.25) is 11.8 Å². The lowest BCUT2D eigenvalue weighted by Gasteiger charge is -2.30. The van der Waals surface area contributed by atoms with E-state index in [9.17, 15) is 74.4 Å². The van der Waals surface area contributed by atoms with Gasteiger partial charge in [-0.05, 0) is 0 Å². The van der Waals surface area contributed by atoms with Gasteiger partial charge < -0.3 is 66.8 Å². The summed E-state index contributed by atoms with van der Waals surface area (Å²) in [6.07, 6.45) is -17.2. The van der Waals surface area contributed by atoms with Gasteiger partial charge in [-0.25, -0.2) is 4.79 Å². The van der Waals surface area contributed by atoms with Crippen molar-refractivity contribution in [2.45, 2.75) is 81.3 Å². The maximum Gasteiger partial charge on any atom is 0.326 e. The number of amides is 2. The van der Waals surface area contributed by atoms with Crippen LogP contribution >= 0.6 is 12.6 Å². The van der Waals surface area contributed by atoms with E-state index in [2.05, 4.69) is 12.6 Å². The van der Waals surface area contributed by atoms with Crippen molar-refractivity contribution in [3.8, 4) is 0 Å². The summed E-state index contributed by atoms with van der Waals surface area (Å²) in [5, 5.41) is 110. The molecule has 270 valence electrons. The number of carbonyl (C=O) groups is 7. The van der Waals surface area contributed by atoms with Crippen molar-refractivity contribution >= 4 is 53.9 Å². The van der Waals surface area contributed by atoms with E-state index >= 15 is 0 Å². The summed E-state index contributed by atoms with van der Waals surface area (Å²) in [6, 6.07) is -4.42. The van der Waals surface area contributed by atoms with Crippen LogP contribution in [0.3, 0.4) is 0 Å². The number of Topliss-reactive ketones (excluding diaryl/α,β-unsaturated/α-hetero) is 2. The number of thiol groups is 1. The molecule has 0 aliphatic rings. The molecule has 0 rings (SSSR count). The maximum atomic E-state index is 13.1. The average molecular weight is 703 g/mol. The smallest absolute Gasteiger partial charge is 0.326 e. The molecule has 0 saturated heterocycles. The van der Waals surface area contributed by atoms with Gasteiger partial charge >= 0.3 is 17.9 Å². The lowest BCUT2D eigenvalue weighted by molar-refractivity contribution is -0.149. The van der Waals surface area contributed by atoms with E-state index < -0.39 is 147 Å². The van der Waals surface area contributed by atoms with Crippen LogP contribution in [0.25, 0.3) is 0 Å². The standard InChI is InChI=1S/C26H42N2O18S/c1-9(24(41)42)2-11(31)4-12(19(36)20(37)15(33)6-29)23(40)27-13(26(45)46)5-17(35)28-18(22(39)21(38)16(34)7-30)14(32)3-10(8-47)25(43)44/h9-10,12-13,15-16,18-22,29-30,33-34,36-39,47H,2-8H2,1H3,(H,27,40)(H,28,35)(H,41,42)(H,43,44)(H,45,46)/t9-,10-,12-,13-,15+,16+,18+,19+,20+,21+,22+/m0/s1. The largest absolute Gasteiger partial charge is 0.481 e. The number of aliphatic hydroxyl groups is 8. The van der Waals surface area contributed by atoms with Crippen LogP contribution in [-0.4, -0.2) is 165 Å². The number of aliphatic hydroxyl groups excluding tert-OH is 8. The number of carbonyl (C=O) groups excluding carboxylic acids is 4. The molecular weight excluding hydrogens is 660 g/mol. The summed E-state index contributed by atoms with van der Waals surface area (Å²) in [7, 11) is 0. The summed E-state index contributed by atoms with van der Waals surface area (Å²) in [6.45, 7) is -1.09. The number of ketones is 2. The van der Waals surface area contributed by atoms with Crippen molar-refractivity contribution in [1.82, 2.24) is 10.6 Å². The molecule has 0 spiro atoms. The van der Waals surface area contributed by atoms with E-state index in [1.165, 1.54) is 0 Å². The van der Waals surface area contributed by atoms with Crippen LogP contribution in [0.15, 0.2) is 0 Å². The number of carboxylic acid groups (broad SMARTS) is 3. The Kier molecular flexibility index (Phi) is 19.4. The molecule has 13 N–H and O–H groups in total. The third-order valence-electron chi connectivity index (χ3n) is 7.04. The van der Waals surface area contributed by atoms with Crippen molar-refractivity contribution < 1.29 is 89.7 Å². The first kappa shape index (κ1) is 43.7. The molecule has 2 amide bonds. The van der Waals surface area contributed by atoms with Gasteiger partial charge in [-0.1, -0.05) is 6.92 Å². The van der Waals surface area contributed by atoms with E-state index in [4.69, 9.17) is 15.3 Å². The van der Waals surface area contributed by atoms with Crippen LogP contribution < -0.4 is 10.6 Å². The van der Waals surface area contributed by atoms with Crippen molar-refractivity contribution in [3.63, 3.8) is 0 Å². The monoisotopic (exact) mass is 702 g/mol. The van der Waals surface area contributed by atoms with Crippen LogP contribution in [0.5, 0.6) is 0 Å². The fourth-order valence-electron chi connectivity index (χ4n) is 4.09. The molecule has 21 heteroatoms. The molecule has 0 unspecified atom stereocenters. The average Bonchev–Trinajstić information content (AvgIpc) is 3.01. The fraction of sp³-hybridized carbons (Fsp3) is 0.731. The Bertz CT molecular complexity index is 1110. The third-order valence-corrected chi connectivity index (χ3v) is 7.48. The lowest BCUT2D eigenvalue weighted by atomic mass is 9.87. The predicted octanol–water partition coefficient (Wildman–Crippen LogP) is -6.14. The number of nitrogens with one attached hydrogen (secondary N) is 2. The number of rotatable bonds is 24. The summed E-state index contributed by atoms with van der Waals surface area (Å²) < 4.78 is 0. The zero-order chi connectivity index (χ0) is 36.8. The minimum Gasteiger partial charge on any atom is -0.481 e. The minimum absolute atomic E-state index is 0.387. The number of hydrogen-bond donors (Lipinski definition) is 14. The summed E-state index contributed by atoms with van der Waals surface area (Å²) in [5.74, 6) is -15.0. The number of carboxylic acids is 3. The third kappa shape index (κ3) is 14.2. The Hall–Kier alpha value is -3.28. The van der Waals surface area contributed by atoms with Gasteiger partial charge in [-0.3, -0.25) is 28.8 Å². The molecule has 0 aliphatic carbocycles. The molecule has 0 radical (unpaired) electrons. The molecule has 0 heterocycles. The SMILES string of the molecule is C[C@@H](CC(=O)C[C@H](C(=O)N[C@@H](CC(=O)N[C@H](C(=O)C[C@@H](CS)C(=O)O)[C@@H](O)[C@H](O)[C@H](O)CO)C(=O)O)[C@@H](O)[C@H](O)[C@H](O)CO)C(=O)O. The molecule has 0 saturated carbocycles. The second-order valence-corrected chi connectivity index (χ2v) is 11.2. The molecule has 20 nitrogen and oxygen atoms in total. The first-order valence-corrected chi connectivity index (χ1v) is 14.6.